The van der Waals surface area contributed by atoms with Crippen molar-refractivity contribution in [3.05, 3.63) is 101 Å². The summed E-state index contributed by atoms with van der Waals surface area (Å²) in [4.78, 5) is 27.8. The molecule has 1 amide bonds. The van der Waals surface area contributed by atoms with Gasteiger partial charge in [0.1, 0.15) is 17.3 Å². The van der Waals surface area contributed by atoms with Gasteiger partial charge in [0.05, 0.1) is 18.2 Å². The molecule has 1 aliphatic rings. The highest BCUT2D eigenvalue weighted by atomic mass is 19.1. The van der Waals surface area contributed by atoms with Crippen LogP contribution in [0.4, 0.5) is 10.1 Å². The lowest BCUT2D eigenvalue weighted by Crippen LogP contribution is -2.29. The Morgan fingerprint density at radius 1 is 0.943 bits per heavy atom. The van der Waals surface area contributed by atoms with Crippen LogP contribution in [0.15, 0.2) is 84.4 Å². The van der Waals surface area contributed by atoms with E-state index < -0.39 is 23.5 Å². The van der Waals surface area contributed by atoms with E-state index in [-0.39, 0.29) is 11.3 Å². The van der Waals surface area contributed by atoms with Crippen molar-refractivity contribution in [3.8, 4) is 5.75 Å². The minimum absolute atomic E-state index is 0.0855. The second-order valence-corrected chi connectivity index (χ2v) is 8.50. The molecule has 4 rings (SSSR count). The quantitative estimate of drug-likeness (QED) is 0.169. The van der Waals surface area contributed by atoms with Crippen LogP contribution < -0.4 is 9.64 Å². The van der Waals surface area contributed by atoms with Crippen molar-refractivity contribution in [2.24, 2.45) is 0 Å². The molecule has 5 nitrogen and oxygen atoms in total. The van der Waals surface area contributed by atoms with E-state index in [1.165, 1.54) is 23.1 Å². The number of ether oxygens (including phenoxy) is 1. The number of aliphatic hydroxyl groups is 1. The van der Waals surface area contributed by atoms with Crippen LogP contribution in [0, 0.1) is 5.82 Å². The fourth-order valence-electron chi connectivity index (χ4n) is 4.28. The molecule has 3 aromatic rings. The number of halogens is 1. The zero-order valence-corrected chi connectivity index (χ0v) is 19.6. The van der Waals surface area contributed by atoms with Crippen molar-refractivity contribution in [1.29, 1.82) is 0 Å². The first-order valence-corrected chi connectivity index (χ1v) is 11.9. The Balaban J connectivity index is 1.75. The number of anilines is 1. The van der Waals surface area contributed by atoms with E-state index in [0.717, 1.165) is 25.7 Å². The molecule has 0 aliphatic carbocycles. The summed E-state index contributed by atoms with van der Waals surface area (Å²) in [5.41, 5.74) is 1.13. The number of rotatable bonds is 9. The summed E-state index contributed by atoms with van der Waals surface area (Å²) in [5, 5.41) is 11.1. The maximum absolute atomic E-state index is 14.2. The van der Waals surface area contributed by atoms with E-state index >= 15 is 0 Å². The Hall–Kier alpha value is -3.93. The highest BCUT2D eigenvalue weighted by molar-refractivity contribution is 6.51. The Morgan fingerprint density at radius 2 is 1.71 bits per heavy atom. The van der Waals surface area contributed by atoms with Crippen LogP contribution in [0.3, 0.4) is 0 Å². The monoisotopic (exact) mass is 473 g/mol. The summed E-state index contributed by atoms with van der Waals surface area (Å²) in [6, 6.07) is 20.2. The van der Waals surface area contributed by atoms with Gasteiger partial charge < -0.3 is 9.84 Å². The number of carbonyl (C=O) groups excluding carboxylic acids is 2. The summed E-state index contributed by atoms with van der Waals surface area (Å²) >= 11 is 0. The maximum atomic E-state index is 14.2. The van der Waals surface area contributed by atoms with Crippen LogP contribution in [0.5, 0.6) is 5.75 Å². The minimum atomic E-state index is -0.995. The van der Waals surface area contributed by atoms with Crippen LogP contribution in [0.2, 0.25) is 0 Å². The van der Waals surface area contributed by atoms with Crippen LogP contribution >= 0.6 is 0 Å². The number of aliphatic hydroxyl groups excluding tert-OH is 1. The molecule has 1 saturated heterocycles. The number of carbonyl (C=O) groups is 2. The van der Waals surface area contributed by atoms with Gasteiger partial charge in [0.2, 0.25) is 0 Å². The van der Waals surface area contributed by atoms with Crippen molar-refractivity contribution >= 4 is 23.1 Å². The van der Waals surface area contributed by atoms with Crippen molar-refractivity contribution in [3.63, 3.8) is 0 Å². The second-order valence-electron chi connectivity index (χ2n) is 8.50. The van der Waals surface area contributed by atoms with Gasteiger partial charge in [-0.3, -0.25) is 14.5 Å². The Bertz CT molecular complexity index is 1240. The molecule has 0 aromatic heterocycles. The molecule has 1 fully saturated rings. The zero-order valence-electron chi connectivity index (χ0n) is 19.6. The first-order valence-electron chi connectivity index (χ1n) is 11.9. The minimum Gasteiger partial charge on any atom is -0.507 e. The number of amides is 1. The molecule has 1 unspecified atom stereocenters. The molecule has 6 heteroatoms. The first kappa shape index (κ1) is 24.2. The Labute approximate surface area is 204 Å². The van der Waals surface area contributed by atoms with Crippen LogP contribution in [0.25, 0.3) is 5.76 Å². The van der Waals surface area contributed by atoms with Crippen LogP contribution in [0.1, 0.15) is 49.8 Å². The Morgan fingerprint density at radius 3 is 2.46 bits per heavy atom. The molecule has 35 heavy (non-hydrogen) atoms. The van der Waals surface area contributed by atoms with Gasteiger partial charge in [-0.05, 0) is 36.2 Å². The van der Waals surface area contributed by atoms with Gasteiger partial charge in [0, 0.05) is 17.3 Å². The topological polar surface area (TPSA) is 66.8 Å². The number of benzene rings is 3. The number of hydrogen-bond donors (Lipinski definition) is 1. The maximum Gasteiger partial charge on any atom is 0.300 e. The van der Waals surface area contributed by atoms with Gasteiger partial charge in [-0.1, -0.05) is 74.7 Å². The summed E-state index contributed by atoms with van der Waals surface area (Å²) in [7, 11) is 0. The van der Waals surface area contributed by atoms with Crippen molar-refractivity contribution in [2.45, 2.75) is 38.6 Å². The molecule has 1 N–H and O–H groups in total. The fourth-order valence-corrected chi connectivity index (χ4v) is 4.28. The number of hydrogen-bond acceptors (Lipinski definition) is 4. The molecule has 0 radical (unpaired) electrons. The molecular weight excluding hydrogens is 445 g/mol. The van der Waals surface area contributed by atoms with E-state index in [4.69, 9.17) is 4.74 Å². The van der Waals surface area contributed by atoms with E-state index in [9.17, 15) is 19.1 Å². The summed E-state index contributed by atoms with van der Waals surface area (Å²) in [5.74, 6) is -1.86. The third kappa shape index (κ3) is 5.27. The van der Waals surface area contributed by atoms with E-state index in [1.807, 2.05) is 0 Å². The normalized spacial score (nSPS) is 17.1. The largest absolute Gasteiger partial charge is 0.507 e. The zero-order chi connectivity index (χ0) is 24.8. The molecular formula is C29H28FNO4. The van der Waals surface area contributed by atoms with Crippen molar-refractivity contribution in [1.82, 2.24) is 0 Å². The lowest BCUT2D eigenvalue weighted by Gasteiger charge is -2.26. The lowest BCUT2D eigenvalue weighted by molar-refractivity contribution is -0.132. The fraction of sp³-hybridized carbons (Fsp3) is 0.241. The summed E-state index contributed by atoms with van der Waals surface area (Å²) < 4.78 is 20.1. The van der Waals surface area contributed by atoms with Crippen molar-refractivity contribution in [2.75, 3.05) is 11.5 Å². The molecule has 0 saturated carbocycles. The molecule has 3 aromatic carbocycles. The number of unbranched alkanes of at least 4 members (excludes halogenated alkanes) is 3. The van der Waals surface area contributed by atoms with E-state index in [1.54, 1.807) is 60.7 Å². The second kappa shape index (κ2) is 11.0. The van der Waals surface area contributed by atoms with Gasteiger partial charge in [0.25, 0.3) is 11.7 Å². The predicted molar refractivity (Wildman–Crippen MR) is 134 cm³/mol. The number of ketones is 1. The van der Waals surface area contributed by atoms with Gasteiger partial charge in [0.15, 0.2) is 0 Å². The smallest absolute Gasteiger partial charge is 0.300 e. The van der Waals surface area contributed by atoms with E-state index in [2.05, 4.69) is 6.92 Å². The average molecular weight is 474 g/mol. The number of Topliss-reactive ketones (excluding diaryl/α,β-unsaturated/α-hetero) is 1. The molecule has 0 bridgehead atoms. The van der Waals surface area contributed by atoms with Gasteiger partial charge >= 0.3 is 0 Å². The van der Waals surface area contributed by atoms with Gasteiger partial charge in [-0.25, -0.2) is 4.39 Å². The van der Waals surface area contributed by atoms with E-state index in [0.29, 0.717) is 29.2 Å². The van der Waals surface area contributed by atoms with Gasteiger partial charge in [-0.15, -0.1) is 0 Å². The number of nitrogens with zero attached hydrogens (tertiary/aromatic N) is 1. The van der Waals surface area contributed by atoms with Crippen molar-refractivity contribution < 1.29 is 23.8 Å². The van der Waals surface area contributed by atoms with Crippen LogP contribution in [-0.2, 0) is 9.59 Å². The molecule has 1 heterocycles. The molecule has 0 spiro atoms. The predicted octanol–water partition coefficient (Wildman–Crippen LogP) is 6.41. The first-order chi connectivity index (χ1) is 17.0. The summed E-state index contributed by atoms with van der Waals surface area (Å²) in [6.07, 6.45) is 4.27. The Kier molecular flexibility index (Phi) is 7.60. The molecule has 180 valence electrons. The highest BCUT2D eigenvalue weighted by Crippen LogP contribution is 2.42. The standard InChI is InChI=1S/C29H28FNO4/c1-2-3-4-8-17-35-24-16-10-15-23(19-24)31-26(21-13-9-14-22(30)18-21)25(28(33)29(31)34)27(32)20-11-6-5-7-12-20/h5-7,9-16,18-19,26,32H,2-4,8,17H2,1H3. The molecule has 1 aliphatic heterocycles. The lowest BCUT2D eigenvalue weighted by atomic mass is 9.95. The third-order valence-corrected chi connectivity index (χ3v) is 6.02. The third-order valence-electron chi connectivity index (χ3n) is 6.02. The summed E-state index contributed by atoms with van der Waals surface area (Å²) in [6.45, 7) is 2.69. The highest BCUT2D eigenvalue weighted by Gasteiger charge is 2.47. The van der Waals surface area contributed by atoms with Gasteiger partial charge in [-0.2, -0.15) is 0 Å². The molecule has 1 atom stereocenters. The SMILES string of the molecule is CCCCCCOc1cccc(N2C(=O)C(=O)C(=C(O)c3ccccc3)C2c2cccc(F)c2)c1. The van der Waals surface area contributed by atoms with Crippen LogP contribution in [-0.4, -0.2) is 23.4 Å². The average Bonchev–Trinajstić information content (AvgIpc) is 3.14.